The van der Waals surface area contributed by atoms with E-state index < -0.39 is 11.9 Å². The molecule has 0 spiro atoms. The second kappa shape index (κ2) is 8.57. The van der Waals surface area contributed by atoms with Crippen LogP contribution < -0.4 is 5.56 Å². The van der Waals surface area contributed by atoms with Crippen LogP contribution in [0.15, 0.2) is 35.4 Å². The molecule has 29 heavy (non-hydrogen) atoms. The third-order valence-corrected chi connectivity index (χ3v) is 5.42. The van der Waals surface area contributed by atoms with Crippen molar-refractivity contribution in [3.8, 4) is 0 Å². The maximum Gasteiger partial charge on any atom is 0.348 e. The van der Waals surface area contributed by atoms with Crippen molar-refractivity contribution in [1.82, 2.24) is 9.55 Å². The molecule has 0 aliphatic carbocycles. The maximum atomic E-state index is 13.0. The molecule has 2 aromatic heterocycles. The number of hydrogen-bond donors (Lipinski definition) is 0. The van der Waals surface area contributed by atoms with Crippen molar-refractivity contribution in [2.24, 2.45) is 0 Å². The summed E-state index contributed by atoms with van der Waals surface area (Å²) in [4.78, 5) is 42.5. The molecule has 8 heteroatoms. The van der Waals surface area contributed by atoms with E-state index in [-0.39, 0.29) is 24.8 Å². The number of aryl methyl sites for hydroxylation is 1. The Morgan fingerprint density at radius 3 is 2.69 bits per heavy atom. The second-order valence-corrected chi connectivity index (χ2v) is 7.79. The molecule has 7 nitrogen and oxygen atoms in total. The molecule has 0 aliphatic rings. The molecular weight excluding hydrogens is 392 g/mol. The van der Waals surface area contributed by atoms with E-state index in [1.165, 1.54) is 10.9 Å². The third kappa shape index (κ3) is 4.37. The number of ether oxygens (including phenoxy) is 2. The monoisotopic (exact) mass is 414 g/mol. The lowest BCUT2D eigenvalue weighted by atomic mass is 10.1. The molecule has 0 fully saturated rings. The van der Waals surface area contributed by atoms with Crippen molar-refractivity contribution in [3.63, 3.8) is 0 Å². The average Bonchev–Trinajstić information content (AvgIpc) is 3.01. The van der Waals surface area contributed by atoms with Gasteiger partial charge in [-0.25, -0.2) is 14.6 Å². The SMILES string of the molecule is CCOC(=O)c1sc2ncn(Cc3cccc(C(=O)OC(C)C)c3)c(=O)c2c1C. The number of aromatic nitrogens is 2. The van der Waals surface area contributed by atoms with Gasteiger partial charge in [0, 0.05) is 0 Å². The largest absolute Gasteiger partial charge is 0.462 e. The summed E-state index contributed by atoms with van der Waals surface area (Å²) in [5, 5.41) is 0.413. The van der Waals surface area contributed by atoms with Crippen LogP contribution in [-0.2, 0) is 16.0 Å². The molecule has 2 heterocycles. The Bertz CT molecular complexity index is 1130. The van der Waals surface area contributed by atoms with E-state index in [1.807, 2.05) is 6.07 Å². The quantitative estimate of drug-likeness (QED) is 0.573. The smallest absolute Gasteiger partial charge is 0.348 e. The van der Waals surface area contributed by atoms with Gasteiger partial charge < -0.3 is 9.47 Å². The topological polar surface area (TPSA) is 87.5 Å². The molecule has 0 N–H and O–H groups in total. The van der Waals surface area contributed by atoms with Crippen LogP contribution in [0.4, 0.5) is 0 Å². The molecule has 3 rings (SSSR count). The van der Waals surface area contributed by atoms with Crippen molar-refractivity contribution >= 4 is 33.5 Å². The first-order valence-corrected chi connectivity index (χ1v) is 10.1. The summed E-state index contributed by atoms with van der Waals surface area (Å²) in [5.74, 6) is -0.856. The van der Waals surface area contributed by atoms with Crippen LogP contribution in [0.1, 0.15) is 51.9 Å². The van der Waals surface area contributed by atoms with Gasteiger partial charge in [0.1, 0.15) is 9.71 Å². The summed E-state index contributed by atoms with van der Waals surface area (Å²) in [6.07, 6.45) is 1.24. The average molecular weight is 414 g/mol. The van der Waals surface area contributed by atoms with Gasteiger partial charge >= 0.3 is 11.9 Å². The molecule has 0 bridgehead atoms. The van der Waals surface area contributed by atoms with Crippen molar-refractivity contribution < 1.29 is 19.1 Å². The van der Waals surface area contributed by atoms with Gasteiger partial charge in [0.2, 0.25) is 0 Å². The molecule has 0 saturated heterocycles. The fraction of sp³-hybridized carbons (Fsp3) is 0.333. The van der Waals surface area contributed by atoms with Crippen LogP contribution in [0.3, 0.4) is 0 Å². The highest BCUT2D eigenvalue weighted by molar-refractivity contribution is 7.20. The highest BCUT2D eigenvalue weighted by atomic mass is 32.1. The Labute approximate surface area is 171 Å². The van der Waals surface area contributed by atoms with Gasteiger partial charge in [-0.1, -0.05) is 12.1 Å². The summed E-state index contributed by atoms with van der Waals surface area (Å²) in [7, 11) is 0. The Balaban J connectivity index is 1.94. The first-order chi connectivity index (χ1) is 13.8. The summed E-state index contributed by atoms with van der Waals surface area (Å²) >= 11 is 1.15. The lowest BCUT2D eigenvalue weighted by Crippen LogP contribution is -2.21. The molecule has 0 unspecified atom stereocenters. The molecule has 0 radical (unpaired) electrons. The van der Waals surface area contributed by atoms with Crippen LogP contribution in [0.25, 0.3) is 10.2 Å². The number of hydrogen-bond acceptors (Lipinski definition) is 7. The second-order valence-electron chi connectivity index (χ2n) is 6.79. The van der Waals surface area contributed by atoms with Crippen molar-refractivity contribution in [3.05, 3.63) is 62.5 Å². The molecule has 0 saturated carbocycles. The highest BCUT2D eigenvalue weighted by Gasteiger charge is 2.20. The van der Waals surface area contributed by atoms with Gasteiger partial charge in [-0.2, -0.15) is 0 Å². The van der Waals surface area contributed by atoms with Crippen molar-refractivity contribution in [2.75, 3.05) is 6.61 Å². The normalized spacial score (nSPS) is 11.1. The van der Waals surface area contributed by atoms with Crippen molar-refractivity contribution in [1.29, 1.82) is 0 Å². The summed E-state index contributed by atoms with van der Waals surface area (Å²) in [5.41, 5.74) is 1.53. The van der Waals surface area contributed by atoms with Crippen LogP contribution >= 0.6 is 11.3 Å². The lowest BCUT2D eigenvalue weighted by Gasteiger charge is -2.10. The highest BCUT2D eigenvalue weighted by Crippen LogP contribution is 2.27. The third-order valence-electron chi connectivity index (χ3n) is 4.24. The molecule has 0 atom stereocenters. The van der Waals surface area contributed by atoms with Crippen molar-refractivity contribution in [2.45, 2.75) is 40.3 Å². The number of nitrogens with zero attached hydrogens (tertiary/aromatic N) is 2. The zero-order chi connectivity index (χ0) is 21.1. The number of fused-ring (bicyclic) bond motifs is 1. The summed E-state index contributed by atoms with van der Waals surface area (Å²) in [6.45, 7) is 7.54. The zero-order valence-electron chi connectivity index (χ0n) is 16.7. The fourth-order valence-electron chi connectivity index (χ4n) is 2.94. The van der Waals surface area contributed by atoms with Gasteiger partial charge in [-0.05, 0) is 51.0 Å². The molecule has 152 valence electrons. The Morgan fingerprint density at radius 1 is 1.24 bits per heavy atom. The number of carbonyl (C=O) groups excluding carboxylic acids is 2. The van der Waals surface area contributed by atoms with E-state index in [0.29, 0.717) is 26.2 Å². The first-order valence-electron chi connectivity index (χ1n) is 9.27. The predicted octanol–water partition coefficient (Wildman–Crippen LogP) is 3.56. The zero-order valence-corrected chi connectivity index (χ0v) is 17.5. The minimum atomic E-state index is -0.449. The molecule has 0 aliphatic heterocycles. The number of carbonyl (C=O) groups is 2. The van der Waals surface area contributed by atoms with E-state index in [9.17, 15) is 14.4 Å². The number of esters is 2. The maximum absolute atomic E-state index is 13.0. The van der Waals surface area contributed by atoms with Gasteiger partial charge in [0.25, 0.3) is 5.56 Å². The van der Waals surface area contributed by atoms with Crippen LogP contribution in [0.2, 0.25) is 0 Å². The van der Waals surface area contributed by atoms with Crippen LogP contribution in [0.5, 0.6) is 0 Å². The van der Waals surface area contributed by atoms with Crippen LogP contribution in [0, 0.1) is 6.92 Å². The van der Waals surface area contributed by atoms with Gasteiger partial charge in [0.05, 0.1) is 36.5 Å². The molecule has 0 amide bonds. The number of benzene rings is 1. The first kappa shape index (κ1) is 20.7. The Morgan fingerprint density at radius 2 is 2.00 bits per heavy atom. The Kier molecular flexibility index (Phi) is 6.12. The van der Waals surface area contributed by atoms with E-state index >= 15 is 0 Å². The van der Waals surface area contributed by atoms with Gasteiger partial charge in [0.15, 0.2) is 0 Å². The minimum absolute atomic E-state index is 0.212. The minimum Gasteiger partial charge on any atom is -0.462 e. The summed E-state index contributed by atoms with van der Waals surface area (Å²) < 4.78 is 11.7. The Hall–Kier alpha value is -3.00. The van der Waals surface area contributed by atoms with E-state index in [1.54, 1.807) is 45.9 Å². The predicted molar refractivity (Wildman–Crippen MR) is 111 cm³/mol. The van der Waals surface area contributed by atoms with Gasteiger partial charge in [-0.15, -0.1) is 11.3 Å². The lowest BCUT2D eigenvalue weighted by molar-refractivity contribution is 0.0377. The summed E-state index contributed by atoms with van der Waals surface area (Å²) in [6, 6.07) is 6.95. The van der Waals surface area contributed by atoms with E-state index in [0.717, 1.165) is 16.9 Å². The molecule has 1 aromatic carbocycles. The standard InChI is InChI=1S/C21H22N2O5S/c1-5-27-21(26)17-13(4)16-18(29-17)22-11-23(19(16)24)10-14-7-6-8-15(9-14)20(25)28-12(2)3/h6-9,11-12H,5,10H2,1-4H3. The molecule has 3 aromatic rings. The number of rotatable bonds is 6. The number of thiophene rings is 1. The van der Waals surface area contributed by atoms with E-state index in [2.05, 4.69) is 4.98 Å². The molecular formula is C21H22N2O5S. The van der Waals surface area contributed by atoms with Gasteiger partial charge in [-0.3, -0.25) is 9.36 Å². The van der Waals surface area contributed by atoms with Crippen LogP contribution in [-0.4, -0.2) is 34.2 Å². The van der Waals surface area contributed by atoms with E-state index in [4.69, 9.17) is 9.47 Å². The fourth-order valence-corrected chi connectivity index (χ4v) is 3.97.